The molecule has 0 aliphatic heterocycles. The standard InChI is InChI=1S/C14H23N3O3/c1-10(18)8-14(2,3)9-15-13(20)16-11-6-5-7-17(4)12(11)19/h5-7,10,18H,8-9H2,1-4H3,(H2,15,16,20). The van der Waals surface area contributed by atoms with Crippen LogP contribution in [0.15, 0.2) is 23.1 Å². The van der Waals surface area contributed by atoms with E-state index in [1.165, 1.54) is 4.57 Å². The summed E-state index contributed by atoms with van der Waals surface area (Å²) >= 11 is 0. The van der Waals surface area contributed by atoms with E-state index in [9.17, 15) is 14.7 Å². The van der Waals surface area contributed by atoms with Crippen molar-refractivity contribution in [2.24, 2.45) is 12.5 Å². The van der Waals surface area contributed by atoms with Gasteiger partial charge in [-0.05, 0) is 30.9 Å². The molecular weight excluding hydrogens is 258 g/mol. The van der Waals surface area contributed by atoms with Crippen molar-refractivity contribution < 1.29 is 9.90 Å². The number of aromatic nitrogens is 1. The van der Waals surface area contributed by atoms with E-state index in [1.54, 1.807) is 32.3 Å². The molecule has 112 valence electrons. The zero-order chi connectivity index (χ0) is 15.3. The molecule has 1 heterocycles. The van der Waals surface area contributed by atoms with E-state index in [0.717, 1.165) is 0 Å². The first-order valence-electron chi connectivity index (χ1n) is 6.60. The Hall–Kier alpha value is -1.82. The summed E-state index contributed by atoms with van der Waals surface area (Å²) in [4.78, 5) is 23.5. The van der Waals surface area contributed by atoms with Gasteiger partial charge in [0.1, 0.15) is 5.69 Å². The molecule has 0 aromatic carbocycles. The smallest absolute Gasteiger partial charge is 0.319 e. The van der Waals surface area contributed by atoms with Gasteiger partial charge < -0.3 is 20.3 Å². The van der Waals surface area contributed by atoms with Crippen molar-refractivity contribution in [1.29, 1.82) is 0 Å². The number of rotatable bonds is 5. The summed E-state index contributed by atoms with van der Waals surface area (Å²) in [5.41, 5.74) is -0.237. The Balaban J connectivity index is 2.56. The Bertz CT molecular complexity index is 521. The highest BCUT2D eigenvalue weighted by molar-refractivity contribution is 5.88. The van der Waals surface area contributed by atoms with Gasteiger partial charge in [0.2, 0.25) is 0 Å². The molecule has 20 heavy (non-hydrogen) atoms. The number of amides is 2. The van der Waals surface area contributed by atoms with Crippen LogP contribution in [0, 0.1) is 5.41 Å². The number of anilines is 1. The number of aliphatic hydroxyl groups is 1. The molecule has 1 aromatic rings. The van der Waals surface area contributed by atoms with Crippen molar-refractivity contribution in [2.45, 2.75) is 33.3 Å². The Morgan fingerprint density at radius 3 is 2.75 bits per heavy atom. The van der Waals surface area contributed by atoms with Crippen molar-refractivity contribution in [3.05, 3.63) is 28.7 Å². The highest BCUT2D eigenvalue weighted by atomic mass is 16.3. The quantitative estimate of drug-likeness (QED) is 0.760. The molecule has 0 aliphatic rings. The van der Waals surface area contributed by atoms with Crippen LogP contribution >= 0.6 is 0 Å². The lowest BCUT2D eigenvalue weighted by molar-refractivity contribution is 0.129. The van der Waals surface area contributed by atoms with Gasteiger partial charge in [0.15, 0.2) is 0 Å². The summed E-state index contributed by atoms with van der Waals surface area (Å²) in [5, 5.41) is 14.6. The SMILES string of the molecule is CC(O)CC(C)(C)CNC(=O)Nc1cccn(C)c1=O. The summed E-state index contributed by atoms with van der Waals surface area (Å²) < 4.78 is 1.40. The lowest BCUT2D eigenvalue weighted by Gasteiger charge is -2.26. The van der Waals surface area contributed by atoms with Gasteiger partial charge in [-0.1, -0.05) is 13.8 Å². The molecular formula is C14H23N3O3. The normalized spacial score (nSPS) is 12.8. The van der Waals surface area contributed by atoms with Gasteiger partial charge >= 0.3 is 6.03 Å². The second-order valence-electron chi connectivity index (χ2n) is 5.86. The molecule has 1 unspecified atom stereocenters. The summed E-state index contributed by atoms with van der Waals surface area (Å²) in [7, 11) is 1.62. The van der Waals surface area contributed by atoms with Crippen molar-refractivity contribution in [2.75, 3.05) is 11.9 Å². The molecule has 3 N–H and O–H groups in total. The van der Waals surface area contributed by atoms with Gasteiger partial charge in [0.05, 0.1) is 6.10 Å². The van der Waals surface area contributed by atoms with Gasteiger partial charge in [-0.3, -0.25) is 4.79 Å². The third kappa shape index (κ3) is 5.05. The zero-order valence-corrected chi connectivity index (χ0v) is 12.4. The lowest BCUT2D eigenvalue weighted by Crippen LogP contribution is -2.39. The van der Waals surface area contributed by atoms with E-state index < -0.39 is 12.1 Å². The highest BCUT2D eigenvalue weighted by Crippen LogP contribution is 2.20. The van der Waals surface area contributed by atoms with Gasteiger partial charge in [-0.15, -0.1) is 0 Å². The van der Waals surface area contributed by atoms with Crippen molar-refractivity contribution >= 4 is 11.7 Å². The van der Waals surface area contributed by atoms with Crippen molar-refractivity contribution in [1.82, 2.24) is 9.88 Å². The molecule has 0 saturated heterocycles. The lowest BCUT2D eigenvalue weighted by atomic mass is 9.87. The first-order chi connectivity index (χ1) is 9.21. The molecule has 1 aromatic heterocycles. The molecule has 6 heteroatoms. The van der Waals surface area contributed by atoms with Crippen LogP contribution in [0.2, 0.25) is 0 Å². The molecule has 0 aliphatic carbocycles. The third-order valence-electron chi connectivity index (χ3n) is 2.95. The van der Waals surface area contributed by atoms with E-state index in [1.807, 2.05) is 13.8 Å². The first-order valence-corrected chi connectivity index (χ1v) is 6.60. The summed E-state index contributed by atoms with van der Waals surface area (Å²) in [6.45, 7) is 6.05. The van der Waals surface area contributed by atoms with Crippen LogP contribution < -0.4 is 16.2 Å². The molecule has 0 fully saturated rings. The van der Waals surface area contributed by atoms with Crippen molar-refractivity contribution in [3.63, 3.8) is 0 Å². The molecule has 0 bridgehead atoms. The Morgan fingerprint density at radius 1 is 1.50 bits per heavy atom. The predicted molar refractivity (Wildman–Crippen MR) is 78.8 cm³/mol. The number of aryl methyl sites for hydroxylation is 1. The van der Waals surface area contributed by atoms with Crippen LogP contribution in [0.5, 0.6) is 0 Å². The minimum absolute atomic E-state index is 0.215. The Labute approximate surface area is 118 Å². The molecule has 2 amide bonds. The number of aliphatic hydroxyl groups excluding tert-OH is 1. The second-order valence-corrected chi connectivity index (χ2v) is 5.86. The van der Waals surface area contributed by atoms with Crippen LogP contribution in [0.4, 0.5) is 10.5 Å². The molecule has 0 saturated carbocycles. The number of hydrogen-bond donors (Lipinski definition) is 3. The maximum Gasteiger partial charge on any atom is 0.319 e. The van der Waals surface area contributed by atoms with E-state index in [0.29, 0.717) is 13.0 Å². The van der Waals surface area contributed by atoms with E-state index in [-0.39, 0.29) is 16.7 Å². The Morgan fingerprint density at radius 2 is 2.15 bits per heavy atom. The Kier molecular flexibility index (Phi) is 5.33. The van der Waals surface area contributed by atoms with E-state index in [2.05, 4.69) is 10.6 Å². The van der Waals surface area contributed by atoms with Gasteiger partial charge in [-0.25, -0.2) is 4.79 Å². The van der Waals surface area contributed by atoms with E-state index >= 15 is 0 Å². The van der Waals surface area contributed by atoms with Crippen LogP contribution in [-0.2, 0) is 7.05 Å². The molecule has 0 radical (unpaired) electrons. The van der Waals surface area contributed by atoms with Crippen LogP contribution in [-0.4, -0.2) is 28.4 Å². The van der Waals surface area contributed by atoms with E-state index in [4.69, 9.17) is 0 Å². The van der Waals surface area contributed by atoms with Gasteiger partial charge in [0.25, 0.3) is 5.56 Å². The average molecular weight is 281 g/mol. The number of urea groups is 1. The fourth-order valence-electron chi connectivity index (χ4n) is 2.05. The third-order valence-corrected chi connectivity index (χ3v) is 2.95. The summed E-state index contributed by atoms with van der Waals surface area (Å²) in [6.07, 6.45) is 1.79. The van der Waals surface area contributed by atoms with Gasteiger partial charge in [0, 0.05) is 19.8 Å². The minimum atomic E-state index is -0.424. The van der Waals surface area contributed by atoms with Crippen LogP contribution in [0.1, 0.15) is 27.2 Å². The van der Waals surface area contributed by atoms with Gasteiger partial charge in [-0.2, -0.15) is 0 Å². The number of carbonyl (C=O) groups is 1. The van der Waals surface area contributed by atoms with Crippen molar-refractivity contribution in [3.8, 4) is 0 Å². The number of hydrogen-bond acceptors (Lipinski definition) is 3. The second kappa shape index (κ2) is 6.56. The van der Waals surface area contributed by atoms with Crippen LogP contribution in [0.25, 0.3) is 0 Å². The molecule has 0 spiro atoms. The highest BCUT2D eigenvalue weighted by Gasteiger charge is 2.21. The average Bonchev–Trinajstić information content (AvgIpc) is 2.31. The predicted octanol–water partition coefficient (Wildman–Crippen LogP) is 1.30. The van der Waals surface area contributed by atoms with Crippen LogP contribution in [0.3, 0.4) is 0 Å². The first kappa shape index (κ1) is 16.2. The fraction of sp³-hybridized carbons (Fsp3) is 0.571. The largest absolute Gasteiger partial charge is 0.393 e. The number of carbonyl (C=O) groups excluding carboxylic acids is 1. The zero-order valence-electron chi connectivity index (χ0n) is 12.4. The number of nitrogens with zero attached hydrogens (tertiary/aromatic N) is 1. The molecule has 1 rings (SSSR count). The maximum atomic E-state index is 11.8. The number of pyridine rings is 1. The molecule has 6 nitrogen and oxygen atoms in total. The topological polar surface area (TPSA) is 83.4 Å². The minimum Gasteiger partial charge on any atom is -0.393 e. The maximum absolute atomic E-state index is 11.8. The molecule has 1 atom stereocenters. The monoisotopic (exact) mass is 281 g/mol. The number of nitrogens with one attached hydrogen (secondary N) is 2. The summed E-state index contributed by atoms with van der Waals surface area (Å²) in [6, 6.07) is 2.82. The fourth-order valence-corrected chi connectivity index (χ4v) is 2.05. The summed E-state index contributed by atoms with van der Waals surface area (Å²) in [5.74, 6) is 0.